The average Bonchev–Trinajstić information content (AvgIpc) is 3.45. The molecule has 0 saturated carbocycles. The number of hydrazone groups is 1. The highest BCUT2D eigenvalue weighted by Gasteiger charge is 2.17. The average molecular weight is 466 g/mol. The lowest BCUT2D eigenvalue weighted by Gasteiger charge is -2.11. The van der Waals surface area contributed by atoms with Crippen molar-refractivity contribution >= 4 is 50.9 Å². The molecule has 7 nitrogen and oxygen atoms in total. The zero-order chi connectivity index (χ0) is 22.5. The predicted octanol–water partition coefficient (Wildman–Crippen LogP) is 5.82. The van der Waals surface area contributed by atoms with Crippen molar-refractivity contribution in [3.8, 4) is 11.3 Å². The van der Waals surface area contributed by atoms with Crippen molar-refractivity contribution in [1.82, 2.24) is 4.98 Å². The van der Waals surface area contributed by atoms with Crippen molar-refractivity contribution in [3.05, 3.63) is 83.3 Å². The monoisotopic (exact) mass is 465 g/mol. The van der Waals surface area contributed by atoms with Gasteiger partial charge in [-0.1, -0.05) is 47.2 Å². The molecule has 0 aliphatic heterocycles. The molecule has 0 atom stereocenters. The number of furan rings is 1. The smallest absolute Gasteiger partial charge is 0.292 e. The lowest BCUT2D eigenvalue weighted by molar-refractivity contribution is 0.0997. The van der Waals surface area contributed by atoms with Crippen molar-refractivity contribution in [2.45, 2.75) is 0 Å². The van der Waals surface area contributed by atoms with Gasteiger partial charge in [-0.25, -0.2) is 4.98 Å². The fourth-order valence-corrected chi connectivity index (χ4v) is 3.81. The zero-order valence-corrected chi connectivity index (χ0v) is 18.9. The number of nitrogens with zero attached hydrogens (tertiary/aromatic N) is 3. The summed E-state index contributed by atoms with van der Waals surface area (Å²) in [5.41, 5.74) is 6.43. The van der Waals surface area contributed by atoms with Gasteiger partial charge in [0.05, 0.1) is 12.5 Å². The number of carbonyl (C=O) groups is 1. The van der Waals surface area contributed by atoms with E-state index in [0.29, 0.717) is 20.8 Å². The molecule has 9 heteroatoms. The number of nitrogens with one attached hydrogen (secondary N) is 2. The molecule has 4 rings (SSSR count). The lowest BCUT2D eigenvalue weighted by Crippen LogP contribution is -2.10. The molecule has 32 heavy (non-hydrogen) atoms. The van der Waals surface area contributed by atoms with Crippen LogP contribution in [-0.2, 0) is 0 Å². The first kappa shape index (κ1) is 21.6. The molecule has 0 aliphatic carbocycles. The maximum Gasteiger partial charge on any atom is 0.292 e. The van der Waals surface area contributed by atoms with E-state index in [-0.39, 0.29) is 11.7 Å². The second-order valence-corrected chi connectivity index (χ2v) is 8.43. The normalized spacial score (nSPS) is 11.0. The largest absolute Gasteiger partial charge is 0.459 e. The Kier molecular flexibility index (Phi) is 6.53. The number of aromatic nitrogens is 1. The third-order valence-corrected chi connectivity index (χ3v) is 5.63. The minimum absolute atomic E-state index is 0.217. The number of halogens is 1. The number of carbonyl (C=O) groups excluding carboxylic acids is 1. The number of thiazole rings is 1. The summed E-state index contributed by atoms with van der Waals surface area (Å²) in [4.78, 5) is 19.1. The van der Waals surface area contributed by atoms with Crippen molar-refractivity contribution in [3.63, 3.8) is 0 Å². The van der Waals surface area contributed by atoms with Crippen molar-refractivity contribution in [2.75, 3.05) is 29.7 Å². The minimum atomic E-state index is -0.357. The van der Waals surface area contributed by atoms with Gasteiger partial charge in [0.2, 0.25) is 5.13 Å². The summed E-state index contributed by atoms with van der Waals surface area (Å²) in [6.45, 7) is 0. The maximum absolute atomic E-state index is 12.5. The van der Waals surface area contributed by atoms with E-state index < -0.39 is 0 Å². The van der Waals surface area contributed by atoms with Crippen LogP contribution in [0.4, 0.5) is 15.8 Å². The van der Waals surface area contributed by atoms with Crippen LogP contribution in [0.2, 0.25) is 5.02 Å². The highest BCUT2D eigenvalue weighted by molar-refractivity contribution is 7.20. The number of anilines is 3. The van der Waals surface area contributed by atoms with E-state index in [4.69, 9.17) is 16.0 Å². The van der Waals surface area contributed by atoms with Gasteiger partial charge < -0.3 is 14.6 Å². The Balaban J connectivity index is 1.55. The minimum Gasteiger partial charge on any atom is -0.459 e. The van der Waals surface area contributed by atoms with Gasteiger partial charge in [0.25, 0.3) is 5.91 Å². The predicted molar refractivity (Wildman–Crippen MR) is 131 cm³/mol. The van der Waals surface area contributed by atoms with E-state index in [0.717, 1.165) is 16.8 Å². The summed E-state index contributed by atoms with van der Waals surface area (Å²) in [6, 6.07) is 18.5. The van der Waals surface area contributed by atoms with E-state index in [2.05, 4.69) is 20.8 Å². The van der Waals surface area contributed by atoms with Crippen LogP contribution in [0.25, 0.3) is 11.3 Å². The standard InChI is InChI=1S/C23H20ClN5O2S/c1-29(2)18-11-5-15(6-12-18)14-25-28-23-26-20(16-7-9-17(24)10-8-16)22(32-23)27-21(30)19-4-3-13-31-19/h3-14H,1-2H3,(H,26,28)(H,27,30)/b25-14+. The maximum atomic E-state index is 12.5. The van der Waals surface area contributed by atoms with Gasteiger partial charge in [0.1, 0.15) is 10.7 Å². The number of hydrogen-bond donors (Lipinski definition) is 2. The van der Waals surface area contributed by atoms with Gasteiger partial charge in [-0.3, -0.25) is 10.2 Å². The van der Waals surface area contributed by atoms with Gasteiger partial charge >= 0.3 is 0 Å². The fourth-order valence-electron chi connectivity index (χ4n) is 2.85. The highest BCUT2D eigenvalue weighted by atomic mass is 35.5. The van der Waals surface area contributed by atoms with Crippen LogP contribution in [0.1, 0.15) is 16.1 Å². The Labute approximate surface area is 194 Å². The molecule has 2 aromatic carbocycles. The number of benzene rings is 2. The number of amides is 1. The van der Waals surface area contributed by atoms with Crippen LogP contribution < -0.4 is 15.6 Å². The van der Waals surface area contributed by atoms with Crippen LogP contribution in [0.3, 0.4) is 0 Å². The van der Waals surface area contributed by atoms with Crippen molar-refractivity contribution < 1.29 is 9.21 Å². The molecule has 0 aliphatic rings. The molecule has 4 aromatic rings. The van der Waals surface area contributed by atoms with Crippen molar-refractivity contribution in [1.29, 1.82) is 0 Å². The quantitative estimate of drug-likeness (QED) is 0.265. The first-order valence-corrected chi connectivity index (χ1v) is 10.9. The van der Waals surface area contributed by atoms with Crippen LogP contribution >= 0.6 is 22.9 Å². The Morgan fingerprint density at radius 2 is 1.88 bits per heavy atom. The summed E-state index contributed by atoms with van der Waals surface area (Å²) >= 11 is 7.29. The van der Waals surface area contributed by atoms with E-state index in [1.165, 1.54) is 17.6 Å². The van der Waals surface area contributed by atoms with Gasteiger partial charge in [-0.15, -0.1) is 0 Å². The third-order valence-electron chi connectivity index (χ3n) is 4.50. The van der Waals surface area contributed by atoms with Gasteiger partial charge in [-0.2, -0.15) is 5.10 Å². The molecule has 0 fully saturated rings. The van der Waals surface area contributed by atoms with Crippen LogP contribution in [-0.4, -0.2) is 31.2 Å². The second kappa shape index (κ2) is 9.67. The summed E-state index contributed by atoms with van der Waals surface area (Å²) in [6.07, 6.45) is 3.17. The van der Waals surface area contributed by atoms with E-state index in [9.17, 15) is 4.79 Å². The van der Waals surface area contributed by atoms with Crippen LogP contribution in [0, 0.1) is 0 Å². The summed E-state index contributed by atoms with van der Waals surface area (Å²) in [5, 5.41) is 8.87. The van der Waals surface area contributed by atoms with Gasteiger partial charge in [0, 0.05) is 30.4 Å². The molecule has 0 unspecified atom stereocenters. The first-order chi connectivity index (χ1) is 15.5. The van der Waals surface area contributed by atoms with Crippen molar-refractivity contribution in [2.24, 2.45) is 5.10 Å². The molecule has 0 spiro atoms. The Hall–Kier alpha value is -3.62. The summed E-state index contributed by atoms with van der Waals surface area (Å²) < 4.78 is 5.19. The Morgan fingerprint density at radius 3 is 2.53 bits per heavy atom. The Bertz CT molecular complexity index is 1220. The zero-order valence-electron chi connectivity index (χ0n) is 17.4. The number of hydrogen-bond acceptors (Lipinski definition) is 7. The summed E-state index contributed by atoms with van der Waals surface area (Å²) in [5.74, 6) is -0.140. The van der Waals surface area contributed by atoms with Crippen LogP contribution in [0.15, 0.2) is 76.4 Å². The lowest BCUT2D eigenvalue weighted by atomic mass is 10.1. The first-order valence-electron chi connectivity index (χ1n) is 9.67. The number of rotatable bonds is 7. The Morgan fingerprint density at radius 1 is 1.12 bits per heavy atom. The molecule has 0 saturated heterocycles. The molecule has 2 heterocycles. The SMILES string of the molecule is CN(C)c1ccc(/C=N/Nc2nc(-c3ccc(Cl)cc3)c(NC(=O)c3ccco3)s2)cc1. The van der Waals surface area contributed by atoms with Gasteiger partial charge in [0.15, 0.2) is 5.76 Å². The molecule has 0 bridgehead atoms. The second-order valence-electron chi connectivity index (χ2n) is 6.99. The molecule has 0 radical (unpaired) electrons. The molecule has 2 aromatic heterocycles. The fraction of sp³-hybridized carbons (Fsp3) is 0.0870. The van der Waals surface area contributed by atoms with E-state index >= 15 is 0 Å². The van der Waals surface area contributed by atoms with E-state index in [1.807, 2.05) is 55.4 Å². The highest BCUT2D eigenvalue weighted by Crippen LogP contribution is 2.36. The van der Waals surface area contributed by atoms with Gasteiger partial charge in [-0.05, 0) is 42.0 Å². The van der Waals surface area contributed by atoms with Crippen LogP contribution in [0.5, 0.6) is 0 Å². The molecule has 162 valence electrons. The molecule has 1 amide bonds. The molecular weight excluding hydrogens is 446 g/mol. The summed E-state index contributed by atoms with van der Waals surface area (Å²) in [7, 11) is 3.99. The molecular formula is C23H20ClN5O2S. The molecule has 2 N–H and O–H groups in total. The topological polar surface area (TPSA) is 82.8 Å². The third kappa shape index (κ3) is 5.16. The van der Waals surface area contributed by atoms with E-state index in [1.54, 1.807) is 30.5 Å².